The quantitative estimate of drug-likeness (QED) is 0.0261. The molecule has 73 heavy (non-hydrogen) atoms. The van der Waals surface area contributed by atoms with Crippen molar-refractivity contribution < 1.29 is 28.6 Å². The van der Waals surface area contributed by atoms with Gasteiger partial charge in [0, 0.05) is 19.3 Å². The highest BCUT2D eigenvalue weighted by molar-refractivity contribution is 5.71. The van der Waals surface area contributed by atoms with Gasteiger partial charge in [0.05, 0.1) is 0 Å². The van der Waals surface area contributed by atoms with E-state index in [9.17, 15) is 14.4 Å². The van der Waals surface area contributed by atoms with Gasteiger partial charge in [0.15, 0.2) is 6.10 Å². The predicted molar refractivity (Wildman–Crippen MR) is 316 cm³/mol. The van der Waals surface area contributed by atoms with Gasteiger partial charge < -0.3 is 14.2 Å². The molecule has 6 nitrogen and oxygen atoms in total. The summed E-state index contributed by atoms with van der Waals surface area (Å²) in [4.78, 5) is 38.2. The lowest BCUT2D eigenvalue weighted by molar-refractivity contribution is -0.167. The SMILES string of the molecule is CCC/C=C\C/C=C\CCCCCCCC(=O)OCC(COC(=O)CCCCCCCCCCCCCCCCCCC/C=C\CCCCCCCCCC)OC(=O)CCCCCCC/C=C\C/C=C\CCC. The van der Waals surface area contributed by atoms with E-state index in [1.54, 1.807) is 0 Å². The number of carbonyl (C=O) groups excluding carboxylic acids is 3. The van der Waals surface area contributed by atoms with Crippen molar-refractivity contribution in [3.05, 3.63) is 60.8 Å². The maximum Gasteiger partial charge on any atom is 0.306 e. The van der Waals surface area contributed by atoms with Gasteiger partial charge >= 0.3 is 17.9 Å². The van der Waals surface area contributed by atoms with Crippen molar-refractivity contribution in [3.8, 4) is 0 Å². The van der Waals surface area contributed by atoms with Crippen molar-refractivity contribution in [2.24, 2.45) is 0 Å². The average molecular weight is 1020 g/mol. The van der Waals surface area contributed by atoms with E-state index < -0.39 is 6.10 Å². The molecule has 0 bridgehead atoms. The predicted octanol–water partition coefficient (Wildman–Crippen LogP) is 21.6. The molecule has 1 atom stereocenters. The maximum atomic E-state index is 12.8. The average Bonchev–Trinajstić information content (AvgIpc) is 3.39. The third-order valence-electron chi connectivity index (χ3n) is 13.9. The summed E-state index contributed by atoms with van der Waals surface area (Å²) in [6.45, 7) is 6.52. The summed E-state index contributed by atoms with van der Waals surface area (Å²) < 4.78 is 16.9. The number of hydrogen-bond donors (Lipinski definition) is 0. The monoisotopic (exact) mass is 1020 g/mol. The molecule has 0 radical (unpaired) electrons. The molecule has 424 valence electrons. The summed E-state index contributed by atoms with van der Waals surface area (Å²) in [7, 11) is 0. The molecule has 0 saturated heterocycles. The third-order valence-corrected chi connectivity index (χ3v) is 13.9. The molecule has 0 spiro atoms. The van der Waals surface area contributed by atoms with Crippen molar-refractivity contribution in [1.29, 1.82) is 0 Å². The van der Waals surface area contributed by atoms with Crippen LogP contribution in [0.3, 0.4) is 0 Å². The summed E-state index contributed by atoms with van der Waals surface area (Å²) in [5.74, 6) is -0.899. The van der Waals surface area contributed by atoms with Crippen molar-refractivity contribution in [2.75, 3.05) is 13.2 Å². The summed E-state index contributed by atoms with van der Waals surface area (Å²) in [6, 6.07) is 0. The molecule has 0 aliphatic rings. The second kappa shape index (κ2) is 61.7. The Bertz CT molecular complexity index is 1310. The Morgan fingerprint density at radius 1 is 0.274 bits per heavy atom. The van der Waals surface area contributed by atoms with Gasteiger partial charge in [-0.1, -0.05) is 274 Å². The lowest BCUT2D eigenvalue weighted by Gasteiger charge is -2.18. The molecule has 0 aromatic rings. The highest BCUT2D eigenvalue weighted by Crippen LogP contribution is 2.17. The summed E-state index contributed by atoms with van der Waals surface area (Å²) in [6.07, 6.45) is 78.2. The van der Waals surface area contributed by atoms with E-state index in [2.05, 4.69) is 81.5 Å². The fourth-order valence-electron chi connectivity index (χ4n) is 9.16. The van der Waals surface area contributed by atoms with Crippen LogP contribution >= 0.6 is 0 Å². The summed E-state index contributed by atoms with van der Waals surface area (Å²) >= 11 is 0. The number of unbranched alkanes of at least 4 members (excludes halogenated alkanes) is 37. The van der Waals surface area contributed by atoms with Crippen molar-refractivity contribution >= 4 is 17.9 Å². The van der Waals surface area contributed by atoms with Gasteiger partial charge in [-0.25, -0.2) is 0 Å². The smallest absolute Gasteiger partial charge is 0.306 e. The number of carbonyl (C=O) groups is 3. The van der Waals surface area contributed by atoms with Crippen LogP contribution in [0.15, 0.2) is 60.8 Å². The molecule has 0 aliphatic heterocycles. The van der Waals surface area contributed by atoms with Crippen molar-refractivity contribution in [3.63, 3.8) is 0 Å². The second-order valence-electron chi connectivity index (χ2n) is 21.3. The van der Waals surface area contributed by atoms with E-state index in [0.717, 1.165) is 116 Å². The van der Waals surface area contributed by atoms with E-state index in [4.69, 9.17) is 14.2 Å². The van der Waals surface area contributed by atoms with E-state index in [0.29, 0.717) is 19.3 Å². The minimum absolute atomic E-state index is 0.0824. The number of esters is 3. The first-order valence-corrected chi connectivity index (χ1v) is 31.8. The molecule has 0 saturated carbocycles. The zero-order chi connectivity index (χ0) is 52.9. The van der Waals surface area contributed by atoms with Gasteiger partial charge in [0.25, 0.3) is 0 Å². The number of ether oxygens (including phenoxy) is 3. The van der Waals surface area contributed by atoms with Crippen LogP contribution in [0.1, 0.15) is 329 Å². The van der Waals surface area contributed by atoms with E-state index >= 15 is 0 Å². The molecule has 0 fully saturated rings. The van der Waals surface area contributed by atoms with Crippen LogP contribution in [0, 0.1) is 0 Å². The molecule has 0 aromatic heterocycles. The van der Waals surface area contributed by atoms with Crippen molar-refractivity contribution in [2.45, 2.75) is 335 Å². The van der Waals surface area contributed by atoms with Crippen LogP contribution in [-0.2, 0) is 28.6 Å². The van der Waals surface area contributed by atoms with Gasteiger partial charge in [-0.15, -0.1) is 0 Å². The minimum Gasteiger partial charge on any atom is -0.462 e. The molecule has 0 aliphatic carbocycles. The largest absolute Gasteiger partial charge is 0.462 e. The van der Waals surface area contributed by atoms with Crippen LogP contribution in [0.5, 0.6) is 0 Å². The highest BCUT2D eigenvalue weighted by Gasteiger charge is 2.19. The van der Waals surface area contributed by atoms with E-state index in [-0.39, 0.29) is 31.1 Å². The Labute approximate surface area is 453 Å². The first-order valence-electron chi connectivity index (χ1n) is 31.8. The van der Waals surface area contributed by atoms with Gasteiger partial charge in [-0.3, -0.25) is 14.4 Å². The molecule has 1 unspecified atom stereocenters. The summed E-state index contributed by atoms with van der Waals surface area (Å²) in [5, 5.41) is 0. The number of rotatable bonds is 58. The molecular weight excluding hydrogens is 901 g/mol. The fourth-order valence-corrected chi connectivity index (χ4v) is 9.16. The van der Waals surface area contributed by atoms with Crippen LogP contribution < -0.4 is 0 Å². The second-order valence-corrected chi connectivity index (χ2v) is 21.3. The molecule has 0 N–H and O–H groups in total. The lowest BCUT2D eigenvalue weighted by atomic mass is 10.0. The lowest BCUT2D eigenvalue weighted by Crippen LogP contribution is -2.30. The van der Waals surface area contributed by atoms with Crippen LogP contribution in [-0.4, -0.2) is 37.2 Å². The zero-order valence-corrected chi connectivity index (χ0v) is 48.7. The molecule has 6 heteroatoms. The minimum atomic E-state index is -0.786. The summed E-state index contributed by atoms with van der Waals surface area (Å²) in [5.41, 5.74) is 0. The maximum absolute atomic E-state index is 12.8. The van der Waals surface area contributed by atoms with Gasteiger partial charge in [-0.2, -0.15) is 0 Å². The Kier molecular flexibility index (Phi) is 59.2. The Balaban J connectivity index is 4.15. The van der Waals surface area contributed by atoms with Crippen LogP contribution in [0.2, 0.25) is 0 Å². The zero-order valence-electron chi connectivity index (χ0n) is 48.7. The number of hydrogen-bond acceptors (Lipinski definition) is 6. The standard InChI is InChI=1S/C67H120O6/c1-4-7-10-13-16-19-22-25-26-27-28-29-30-31-32-33-34-35-36-37-38-39-40-43-45-48-51-54-57-60-66(69)72-63-64(73-67(70)61-58-55-52-49-46-42-24-21-18-15-12-9-6-3)62-71-65(68)59-56-53-50-47-44-41-23-20-17-14-11-8-5-2/h11-12,14-15,20-21,23-24,27-28,64H,4-10,13,16-19,22,25-26,29-63H2,1-3H3/b14-11-,15-12-,23-20-,24-21-,28-27-. The van der Waals surface area contributed by atoms with Gasteiger partial charge in [0.2, 0.25) is 0 Å². The van der Waals surface area contributed by atoms with Gasteiger partial charge in [0.1, 0.15) is 13.2 Å². The van der Waals surface area contributed by atoms with E-state index in [1.807, 2.05) is 0 Å². The van der Waals surface area contributed by atoms with Gasteiger partial charge in [-0.05, 0) is 96.3 Å². The Morgan fingerprint density at radius 2 is 0.521 bits per heavy atom. The van der Waals surface area contributed by atoms with Crippen molar-refractivity contribution in [1.82, 2.24) is 0 Å². The topological polar surface area (TPSA) is 78.9 Å². The third kappa shape index (κ3) is 59.9. The van der Waals surface area contributed by atoms with Crippen LogP contribution in [0.25, 0.3) is 0 Å². The first kappa shape index (κ1) is 70.1. The highest BCUT2D eigenvalue weighted by atomic mass is 16.6. The molecule has 0 rings (SSSR count). The Hall–Kier alpha value is -2.89. The Morgan fingerprint density at radius 3 is 0.822 bits per heavy atom. The van der Waals surface area contributed by atoms with E-state index in [1.165, 1.54) is 173 Å². The molecule has 0 aromatic carbocycles. The molecular formula is C67H120O6. The fraction of sp³-hybridized carbons (Fsp3) is 0.806. The normalized spacial score (nSPS) is 12.4. The number of allylic oxidation sites excluding steroid dienone is 10. The molecule has 0 heterocycles. The first-order chi connectivity index (χ1) is 36.0. The molecule has 0 amide bonds. The van der Waals surface area contributed by atoms with Crippen LogP contribution in [0.4, 0.5) is 0 Å².